The van der Waals surface area contributed by atoms with Crippen LogP contribution in [0.15, 0.2) is 0 Å². The second kappa shape index (κ2) is 12.2. The van der Waals surface area contributed by atoms with E-state index in [1.807, 2.05) is 6.92 Å². The molecule has 0 amide bonds. The molecule has 142 valence electrons. The Bertz CT molecular complexity index is 473. The maximum Gasteiger partial charge on any atom is 0.327 e. The second-order valence-corrected chi connectivity index (χ2v) is 7.60. The minimum absolute atomic E-state index is 0.452. The Morgan fingerprint density at radius 1 is 0.958 bits per heavy atom. The van der Waals surface area contributed by atoms with Crippen molar-refractivity contribution >= 4 is 22.1 Å². The molecule has 8 heteroatoms. The number of ether oxygens (including phenoxy) is 1. The Labute approximate surface area is 144 Å². The van der Waals surface area contributed by atoms with Crippen LogP contribution in [-0.4, -0.2) is 41.4 Å². The van der Waals surface area contributed by atoms with E-state index in [1.54, 1.807) is 0 Å². The Balaban J connectivity index is 4.55. The normalized spacial score (nSPS) is 14.1. The van der Waals surface area contributed by atoms with Gasteiger partial charge in [0.25, 0.3) is 10.1 Å². The third-order valence-corrected chi connectivity index (χ3v) is 4.83. The molecule has 0 aliphatic rings. The molecule has 2 atom stereocenters. The van der Waals surface area contributed by atoms with Gasteiger partial charge in [-0.25, -0.2) is 0 Å². The molecule has 0 aliphatic heterocycles. The molecule has 2 N–H and O–H groups in total. The zero-order valence-corrected chi connectivity index (χ0v) is 15.4. The molecule has 0 heterocycles. The number of hydrogen-bond acceptors (Lipinski definition) is 5. The highest BCUT2D eigenvalue weighted by Gasteiger charge is 2.36. The van der Waals surface area contributed by atoms with E-state index in [4.69, 9.17) is 14.4 Å². The minimum Gasteiger partial charge on any atom is -0.481 e. The first-order valence-electron chi connectivity index (χ1n) is 8.60. The molecule has 0 aliphatic carbocycles. The fourth-order valence-corrected chi connectivity index (χ4v) is 3.10. The standard InChI is InChI=1S/C16H30O7S/c1-3-5-6-7-8-9-11-13(10-4-2)23-16(19)14(12-15(17)18)24(20,21)22/h13-14H,3-12H2,1-2H3,(H,17,18)(H,20,21,22)/t13-,14-/m1/s1. The Morgan fingerprint density at radius 3 is 2.04 bits per heavy atom. The SMILES string of the molecule is CCCCCCCC[C@@H](CCC)OC(=O)[C@@H](CC(=O)O)S(=O)(=O)O. The van der Waals surface area contributed by atoms with Gasteiger partial charge in [0, 0.05) is 0 Å². The number of rotatable bonds is 14. The summed E-state index contributed by atoms with van der Waals surface area (Å²) in [6.45, 7) is 4.05. The van der Waals surface area contributed by atoms with Gasteiger partial charge in [-0.2, -0.15) is 8.42 Å². The van der Waals surface area contributed by atoms with Crippen molar-refractivity contribution in [3.63, 3.8) is 0 Å². The van der Waals surface area contributed by atoms with Gasteiger partial charge in [0.05, 0.1) is 6.42 Å². The molecule has 0 radical (unpaired) electrons. The number of aliphatic carboxylic acids is 1. The highest BCUT2D eigenvalue weighted by Crippen LogP contribution is 2.17. The summed E-state index contributed by atoms with van der Waals surface area (Å²) in [5.74, 6) is -2.68. The van der Waals surface area contributed by atoms with Crippen LogP contribution < -0.4 is 0 Å². The monoisotopic (exact) mass is 366 g/mol. The Hall–Kier alpha value is -1.15. The molecule has 0 aromatic rings. The molecule has 0 fully saturated rings. The molecule has 0 saturated heterocycles. The van der Waals surface area contributed by atoms with Crippen molar-refractivity contribution in [2.24, 2.45) is 0 Å². The predicted octanol–water partition coefficient (Wildman–Crippen LogP) is 3.18. The topological polar surface area (TPSA) is 118 Å². The van der Waals surface area contributed by atoms with Crippen LogP contribution >= 0.6 is 0 Å². The van der Waals surface area contributed by atoms with Gasteiger partial charge >= 0.3 is 11.9 Å². The van der Waals surface area contributed by atoms with Crippen molar-refractivity contribution in [1.29, 1.82) is 0 Å². The maximum absolute atomic E-state index is 12.0. The summed E-state index contributed by atoms with van der Waals surface area (Å²) < 4.78 is 36.6. The van der Waals surface area contributed by atoms with Crippen LogP contribution in [0.4, 0.5) is 0 Å². The largest absolute Gasteiger partial charge is 0.481 e. The van der Waals surface area contributed by atoms with Gasteiger partial charge in [-0.15, -0.1) is 0 Å². The first-order valence-corrected chi connectivity index (χ1v) is 10.1. The zero-order chi connectivity index (χ0) is 18.6. The van der Waals surface area contributed by atoms with Gasteiger partial charge in [0.2, 0.25) is 0 Å². The lowest BCUT2D eigenvalue weighted by atomic mass is 10.0. The molecule has 0 spiro atoms. The predicted molar refractivity (Wildman–Crippen MR) is 90.4 cm³/mol. The number of esters is 1. The highest BCUT2D eigenvalue weighted by molar-refractivity contribution is 7.87. The number of unbranched alkanes of at least 4 members (excludes halogenated alkanes) is 5. The molecule has 0 bridgehead atoms. The number of carboxylic acid groups (broad SMARTS) is 1. The first kappa shape index (κ1) is 22.9. The van der Waals surface area contributed by atoms with Crippen LogP contribution in [0.2, 0.25) is 0 Å². The number of carbonyl (C=O) groups excluding carboxylic acids is 1. The molecule has 7 nitrogen and oxygen atoms in total. The maximum atomic E-state index is 12.0. The lowest BCUT2D eigenvalue weighted by molar-refractivity contribution is -0.152. The van der Waals surface area contributed by atoms with Gasteiger partial charge in [-0.05, 0) is 19.3 Å². The van der Waals surface area contributed by atoms with E-state index < -0.39 is 39.8 Å². The summed E-state index contributed by atoms with van der Waals surface area (Å²) in [5, 5.41) is 6.62. The minimum atomic E-state index is -4.81. The van der Waals surface area contributed by atoms with Crippen LogP contribution in [0, 0.1) is 0 Å². The average molecular weight is 366 g/mol. The summed E-state index contributed by atoms with van der Waals surface area (Å²) in [6.07, 6.45) is 6.97. The summed E-state index contributed by atoms with van der Waals surface area (Å²) in [5.41, 5.74) is 0. The van der Waals surface area contributed by atoms with E-state index in [9.17, 15) is 18.0 Å². The Morgan fingerprint density at radius 2 is 1.54 bits per heavy atom. The van der Waals surface area contributed by atoms with Crippen molar-refractivity contribution in [3.05, 3.63) is 0 Å². The first-order chi connectivity index (χ1) is 11.2. The number of carbonyl (C=O) groups is 2. The van der Waals surface area contributed by atoms with Gasteiger partial charge in [0.1, 0.15) is 6.10 Å². The molecule has 0 aromatic heterocycles. The summed E-state index contributed by atoms with van der Waals surface area (Å²) in [7, 11) is -4.81. The lowest BCUT2D eigenvalue weighted by Crippen LogP contribution is -2.36. The third-order valence-electron chi connectivity index (χ3n) is 3.76. The second-order valence-electron chi connectivity index (χ2n) is 6.01. The van der Waals surface area contributed by atoms with Crippen LogP contribution in [0.1, 0.15) is 78.1 Å². The van der Waals surface area contributed by atoms with E-state index in [2.05, 4.69) is 6.92 Å². The summed E-state index contributed by atoms with van der Waals surface area (Å²) in [6, 6.07) is 0. The van der Waals surface area contributed by atoms with E-state index in [0.29, 0.717) is 12.8 Å². The molecule has 0 unspecified atom stereocenters. The fourth-order valence-electron chi connectivity index (χ4n) is 2.45. The number of carboxylic acids is 1. The average Bonchev–Trinajstić information content (AvgIpc) is 2.47. The third kappa shape index (κ3) is 10.6. The van der Waals surface area contributed by atoms with E-state index in [1.165, 1.54) is 6.42 Å². The lowest BCUT2D eigenvalue weighted by Gasteiger charge is -2.20. The van der Waals surface area contributed by atoms with E-state index >= 15 is 0 Å². The molecular formula is C16H30O7S. The Kier molecular flexibility index (Phi) is 11.7. The molecule has 0 aromatic carbocycles. The van der Waals surface area contributed by atoms with Crippen molar-refractivity contribution in [2.45, 2.75) is 89.4 Å². The fraction of sp³-hybridized carbons (Fsp3) is 0.875. The smallest absolute Gasteiger partial charge is 0.327 e. The van der Waals surface area contributed by atoms with Crippen LogP contribution in [-0.2, 0) is 24.4 Å². The summed E-state index contributed by atoms with van der Waals surface area (Å²) in [4.78, 5) is 22.6. The van der Waals surface area contributed by atoms with Crippen molar-refractivity contribution in [2.75, 3.05) is 0 Å². The molecule has 0 rings (SSSR count). The molecular weight excluding hydrogens is 336 g/mol. The van der Waals surface area contributed by atoms with Gasteiger partial charge in [-0.1, -0.05) is 52.4 Å². The van der Waals surface area contributed by atoms with Crippen LogP contribution in [0.5, 0.6) is 0 Å². The van der Waals surface area contributed by atoms with Gasteiger partial charge < -0.3 is 9.84 Å². The van der Waals surface area contributed by atoms with Gasteiger partial charge in [0.15, 0.2) is 5.25 Å². The van der Waals surface area contributed by atoms with Gasteiger partial charge in [-0.3, -0.25) is 14.1 Å². The molecule has 24 heavy (non-hydrogen) atoms. The van der Waals surface area contributed by atoms with Crippen molar-refractivity contribution in [1.82, 2.24) is 0 Å². The van der Waals surface area contributed by atoms with E-state index in [-0.39, 0.29) is 0 Å². The van der Waals surface area contributed by atoms with E-state index in [0.717, 1.165) is 38.5 Å². The van der Waals surface area contributed by atoms with Crippen LogP contribution in [0.25, 0.3) is 0 Å². The quantitative estimate of drug-likeness (QED) is 0.275. The van der Waals surface area contributed by atoms with Crippen molar-refractivity contribution in [3.8, 4) is 0 Å². The zero-order valence-electron chi connectivity index (χ0n) is 14.6. The van der Waals surface area contributed by atoms with Crippen LogP contribution in [0.3, 0.4) is 0 Å². The highest BCUT2D eigenvalue weighted by atomic mass is 32.2. The molecule has 0 saturated carbocycles. The summed E-state index contributed by atoms with van der Waals surface area (Å²) >= 11 is 0. The number of hydrogen-bond donors (Lipinski definition) is 2. The van der Waals surface area contributed by atoms with Crippen molar-refractivity contribution < 1.29 is 32.4 Å².